The minimum absolute atomic E-state index is 0.120. The predicted molar refractivity (Wildman–Crippen MR) is 131 cm³/mol. The molecule has 3 rings (SSSR count). The number of nitrogens with zero attached hydrogens (tertiary/aromatic N) is 3. The average Bonchev–Trinajstić information content (AvgIpc) is 3.13. The van der Waals surface area contributed by atoms with E-state index < -0.39 is 0 Å². The molecule has 0 unspecified atom stereocenters. The van der Waals surface area contributed by atoms with Crippen molar-refractivity contribution in [3.8, 4) is 0 Å². The van der Waals surface area contributed by atoms with Gasteiger partial charge in [-0.25, -0.2) is 0 Å². The minimum Gasteiger partial charge on any atom is -0.342 e. The second-order valence-electron chi connectivity index (χ2n) is 7.65. The zero-order valence-electron chi connectivity index (χ0n) is 18.7. The second kappa shape index (κ2) is 10.3. The summed E-state index contributed by atoms with van der Waals surface area (Å²) >= 11 is 4.80. The van der Waals surface area contributed by atoms with Gasteiger partial charge in [-0.15, -0.1) is 10.2 Å². The molecule has 0 aliphatic heterocycles. The molecule has 0 spiro atoms. The molecule has 2 aromatic carbocycles. The summed E-state index contributed by atoms with van der Waals surface area (Å²) in [6.07, 6.45) is 0. The van der Waals surface area contributed by atoms with Gasteiger partial charge in [-0.05, 0) is 63.1 Å². The number of carbonyl (C=O) groups is 2. The fourth-order valence-electron chi connectivity index (χ4n) is 3.20. The van der Waals surface area contributed by atoms with Gasteiger partial charge in [-0.1, -0.05) is 45.4 Å². The standard InChI is InChI=1S/C23H26BrN5O2S/c1-13-7-6-8-17(11-13)22(31)25-16(4)21-27-28-23(29(21)5)32-12-20(30)26-19-10-9-18(24)14(2)15(19)3/h6-11,16H,12H2,1-5H3,(H,25,31)(H,26,30)/t16-/m0/s1. The van der Waals surface area contributed by atoms with Gasteiger partial charge in [0, 0.05) is 22.8 Å². The smallest absolute Gasteiger partial charge is 0.251 e. The van der Waals surface area contributed by atoms with E-state index in [4.69, 9.17) is 0 Å². The van der Waals surface area contributed by atoms with Crippen molar-refractivity contribution in [2.75, 3.05) is 11.1 Å². The highest BCUT2D eigenvalue weighted by Crippen LogP contribution is 2.26. The molecule has 0 saturated carbocycles. The first-order valence-corrected chi connectivity index (χ1v) is 11.9. The van der Waals surface area contributed by atoms with Crippen LogP contribution in [0.3, 0.4) is 0 Å². The molecule has 3 aromatic rings. The topological polar surface area (TPSA) is 88.9 Å². The van der Waals surface area contributed by atoms with E-state index in [1.54, 1.807) is 10.6 Å². The average molecular weight is 516 g/mol. The van der Waals surface area contributed by atoms with Crippen LogP contribution in [0.25, 0.3) is 0 Å². The summed E-state index contributed by atoms with van der Waals surface area (Å²) in [7, 11) is 1.83. The van der Waals surface area contributed by atoms with Crippen LogP contribution in [0.1, 0.15) is 45.8 Å². The third kappa shape index (κ3) is 5.58. The van der Waals surface area contributed by atoms with Gasteiger partial charge < -0.3 is 15.2 Å². The van der Waals surface area contributed by atoms with Gasteiger partial charge in [0.15, 0.2) is 11.0 Å². The van der Waals surface area contributed by atoms with E-state index in [0.717, 1.165) is 26.9 Å². The lowest BCUT2D eigenvalue weighted by atomic mass is 10.1. The van der Waals surface area contributed by atoms with Crippen LogP contribution in [0.4, 0.5) is 5.69 Å². The quantitative estimate of drug-likeness (QED) is 0.444. The second-order valence-corrected chi connectivity index (χ2v) is 9.44. The third-order valence-corrected chi connectivity index (χ3v) is 7.09. The van der Waals surface area contributed by atoms with E-state index in [-0.39, 0.29) is 23.6 Å². The lowest BCUT2D eigenvalue weighted by Crippen LogP contribution is -2.28. The molecule has 1 aromatic heterocycles. The van der Waals surface area contributed by atoms with Crippen molar-refractivity contribution in [2.24, 2.45) is 7.05 Å². The van der Waals surface area contributed by atoms with E-state index >= 15 is 0 Å². The Morgan fingerprint density at radius 2 is 1.88 bits per heavy atom. The van der Waals surface area contributed by atoms with Crippen LogP contribution in [0.15, 0.2) is 46.0 Å². The molecule has 7 nitrogen and oxygen atoms in total. The highest BCUT2D eigenvalue weighted by atomic mass is 79.9. The summed E-state index contributed by atoms with van der Waals surface area (Å²) in [6.45, 7) is 7.79. The van der Waals surface area contributed by atoms with E-state index in [9.17, 15) is 9.59 Å². The summed E-state index contributed by atoms with van der Waals surface area (Å²) in [5, 5.41) is 14.9. The van der Waals surface area contributed by atoms with Gasteiger partial charge in [0.1, 0.15) is 0 Å². The Morgan fingerprint density at radius 1 is 1.12 bits per heavy atom. The van der Waals surface area contributed by atoms with Gasteiger partial charge in [0.2, 0.25) is 5.91 Å². The molecule has 0 bridgehead atoms. The van der Waals surface area contributed by atoms with Gasteiger partial charge in [0.05, 0.1) is 11.8 Å². The van der Waals surface area contributed by atoms with E-state index in [2.05, 4.69) is 36.8 Å². The number of halogens is 1. The summed E-state index contributed by atoms with van der Waals surface area (Å²) < 4.78 is 2.81. The lowest BCUT2D eigenvalue weighted by Gasteiger charge is -2.14. The van der Waals surface area contributed by atoms with Gasteiger partial charge in [-0.3, -0.25) is 9.59 Å². The Balaban J connectivity index is 1.60. The predicted octanol–water partition coefficient (Wildman–Crippen LogP) is 4.72. The summed E-state index contributed by atoms with van der Waals surface area (Å²) in [5.74, 6) is 0.529. The van der Waals surface area contributed by atoms with Gasteiger partial charge >= 0.3 is 0 Å². The van der Waals surface area contributed by atoms with Crippen molar-refractivity contribution in [1.29, 1.82) is 0 Å². The van der Waals surface area contributed by atoms with Crippen LogP contribution < -0.4 is 10.6 Å². The molecule has 9 heteroatoms. The summed E-state index contributed by atoms with van der Waals surface area (Å²) in [5.41, 5.74) is 4.53. The van der Waals surface area contributed by atoms with Crippen LogP contribution in [0.2, 0.25) is 0 Å². The van der Waals surface area contributed by atoms with Crippen LogP contribution in [0.5, 0.6) is 0 Å². The molecule has 2 N–H and O–H groups in total. The molecule has 0 fully saturated rings. The third-order valence-electron chi connectivity index (χ3n) is 5.21. The largest absolute Gasteiger partial charge is 0.342 e. The molecule has 2 amide bonds. The lowest BCUT2D eigenvalue weighted by molar-refractivity contribution is -0.113. The first kappa shape index (κ1) is 24.0. The Kier molecular flexibility index (Phi) is 7.73. The van der Waals surface area contributed by atoms with Crippen molar-refractivity contribution in [1.82, 2.24) is 20.1 Å². The molecule has 0 aliphatic carbocycles. The Morgan fingerprint density at radius 3 is 2.59 bits per heavy atom. The Bertz CT molecular complexity index is 1160. The normalized spacial score (nSPS) is 11.8. The number of hydrogen-bond acceptors (Lipinski definition) is 5. The van der Waals surface area contributed by atoms with Crippen molar-refractivity contribution in [3.63, 3.8) is 0 Å². The maximum absolute atomic E-state index is 12.5. The summed E-state index contributed by atoms with van der Waals surface area (Å²) in [6, 6.07) is 10.9. The van der Waals surface area contributed by atoms with Crippen molar-refractivity contribution >= 4 is 45.2 Å². The van der Waals surface area contributed by atoms with Crippen LogP contribution in [0, 0.1) is 20.8 Å². The zero-order chi connectivity index (χ0) is 23.4. The van der Waals surface area contributed by atoms with Crippen molar-refractivity contribution < 1.29 is 9.59 Å². The molecule has 1 atom stereocenters. The van der Waals surface area contributed by atoms with Crippen LogP contribution in [-0.4, -0.2) is 32.3 Å². The number of benzene rings is 2. The first-order chi connectivity index (χ1) is 15.2. The highest BCUT2D eigenvalue weighted by molar-refractivity contribution is 9.10. The maximum atomic E-state index is 12.5. The van der Waals surface area contributed by atoms with Crippen LogP contribution in [-0.2, 0) is 11.8 Å². The highest BCUT2D eigenvalue weighted by Gasteiger charge is 2.19. The first-order valence-electron chi connectivity index (χ1n) is 10.1. The molecular weight excluding hydrogens is 490 g/mol. The molecule has 0 aliphatic rings. The van der Waals surface area contributed by atoms with Crippen LogP contribution >= 0.6 is 27.7 Å². The molecule has 32 heavy (non-hydrogen) atoms. The molecule has 0 saturated heterocycles. The molecule has 1 heterocycles. The number of hydrogen-bond donors (Lipinski definition) is 2. The van der Waals surface area contributed by atoms with Crippen molar-refractivity contribution in [3.05, 3.63) is 68.9 Å². The summed E-state index contributed by atoms with van der Waals surface area (Å²) in [4.78, 5) is 25.0. The number of aryl methyl sites for hydroxylation is 1. The molecule has 0 radical (unpaired) electrons. The number of aromatic nitrogens is 3. The zero-order valence-corrected chi connectivity index (χ0v) is 21.1. The van der Waals surface area contributed by atoms with Crippen molar-refractivity contribution in [2.45, 2.75) is 38.9 Å². The maximum Gasteiger partial charge on any atom is 0.251 e. The number of rotatable bonds is 7. The Labute approximate surface area is 200 Å². The SMILES string of the molecule is Cc1cccc(C(=O)N[C@@H](C)c2nnc(SCC(=O)Nc3ccc(Br)c(C)c3C)n2C)c1. The number of amides is 2. The van der Waals surface area contributed by atoms with E-state index in [0.29, 0.717) is 16.5 Å². The number of thioether (sulfide) groups is 1. The van der Waals surface area contributed by atoms with Gasteiger partial charge in [-0.2, -0.15) is 0 Å². The monoisotopic (exact) mass is 515 g/mol. The molecular formula is C23H26BrN5O2S. The fourth-order valence-corrected chi connectivity index (χ4v) is 4.35. The fraction of sp³-hybridized carbons (Fsp3) is 0.304. The number of carbonyl (C=O) groups excluding carboxylic acids is 2. The van der Waals surface area contributed by atoms with Gasteiger partial charge in [0.25, 0.3) is 5.91 Å². The van der Waals surface area contributed by atoms with E-state index in [1.807, 2.05) is 65.1 Å². The molecule has 168 valence electrons. The number of anilines is 1. The number of nitrogens with one attached hydrogen (secondary N) is 2. The minimum atomic E-state index is -0.336. The Hall–Kier alpha value is -2.65. The van der Waals surface area contributed by atoms with E-state index in [1.165, 1.54) is 11.8 Å².